The van der Waals surface area contributed by atoms with E-state index in [4.69, 9.17) is 5.11 Å². The molecule has 2 heteroatoms. The van der Waals surface area contributed by atoms with E-state index >= 15 is 0 Å². The number of aliphatic hydroxyl groups is 1. The molecule has 0 amide bonds. The summed E-state index contributed by atoms with van der Waals surface area (Å²) in [6.07, 6.45) is 0. The molecule has 0 saturated heterocycles. The molecule has 1 N–H and O–H groups in total. The summed E-state index contributed by atoms with van der Waals surface area (Å²) in [5.41, 5.74) is 2.40. The maximum atomic E-state index is 8.96. The Labute approximate surface area is 81.6 Å². The monoisotopic (exact) mass is 228 g/mol. The number of aliphatic hydroxyl groups excluding tert-OH is 1. The van der Waals surface area contributed by atoms with Crippen LogP contribution in [-0.2, 0) is 0 Å². The third kappa shape index (κ3) is 2.08. The van der Waals surface area contributed by atoms with Gasteiger partial charge in [0.15, 0.2) is 0 Å². The van der Waals surface area contributed by atoms with E-state index in [2.05, 4.69) is 41.1 Å². The third-order valence-corrected chi connectivity index (χ3v) is 2.65. The summed E-state index contributed by atoms with van der Waals surface area (Å²) in [6, 6.07) is 6.19. The van der Waals surface area contributed by atoms with Crippen molar-refractivity contribution in [3.05, 3.63) is 33.8 Å². The van der Waals surface area contributed by atoms with Crippen LogP contribution in [0, 0.1) is 6.92 Å². The Morgan fingerprint density at radius 3 is 2.67 bits per heavy atom. The number of halogens is 1. The minimum absolute atomic E-state index is 0.196. The van der Waals surface area contributed by atoms with Gasteiger partial charge in [-0.3, -0.25) is 0 Å². The van der Waals surface area contributed by atoms with Gasteiger partial charge >= 0.3 is 0 Å². The largest absolute Gasteiger partial charge is 0.396 e. The van der Waals surface area contributed by atoms with Crippen molar-refractivity contribution in [1.29, 1.82) is 0 Å². The molecule has 0 saturated carbocycles. The smallest absolute Gasteiger partial charge is 0.0497 e. The van der Waals surface area contributed by atoms with Gasteiger partial charge in [0.2, 0.25) is 0 Å². The van der Waals surface area contributed by atoms with Crippen molar-refractivity contribution in [1.82, 2.24) is 0 Å². The molecular weight excluding hydrogens is 216 g/mol. The second-order valence-electron chi connectivity index (χ2n) is 3.11. The topological polar surface area (TPSA) is 20.2 Å². The minimum atomic E-state index is 0.196. The zero-order valence-electron chi connectivity index (χ0n) is 7.34. The fraction of sp³-hybridized carbons (Fsp3) is 0.400. The van der Waals surface area contributed by atoms with E-state index in [9.17, 15) is 0 Å². The molecule has 0 fully saturated rings. The quantitative estimate of drug-likeness (QED) is 0.826. The van der Waals surface area contributed by atoms with E-state index in [-0.39, 0.29) is 12.5 Å². The molecule has 0 aliphatic rings. The summed E-state index contributed by atoms with van der Waals surface area (Å²) >= 11 is 3.48. The average molecular weight is 229 g/mol. The second-order valence-corrected chi connectivity index (χ2v) is 3.96. The molecule has 66 valence electrons. The lowest BCUT2D eigenvalue weighted by Gasteiger charge is -2.10. The first kappa shape index (κ1) is 9.75. The molecule has 0 aromatic heterocycles. The summed E-state index contributed by atoms with van der Waals surface area (Å²) in [4.78, 5) is 0. The van der Waals surface area contributed by atoms with Gasteiger partial charge in [0.25, 0.3) is 0 Å². The van der Waals surface area contributed by atoms with Crippen molar-refractivity contribution < 1.29 is 5.11 Å². The highest BCUT2D eigenvalue weighted by atomic mass is 79.9. The maximum absolute atomic E-state index is 8.96. The SMILES string of the molecule is Cc1ccc([C@H](C)CO)c(Br)c1. The minimum Gasteiger partial charge on any atom is -0.396 e. The van der Waals surface area contributed by atoms with Gasteiger partial charge in [0.05, 0.1) is 0 Å². The van der Waals surface area contributed by atoms with Gasteiger partial charge in [-0.2, -0.15) is 0 Å². The van der Waals surface area contributed by atoms with E-state index in [1.165, 1.54) is 11.1 Å². The van der Waals surface area contributed by atoms with Crippen molar-refractivity contribution >= 4 is 15.9 Å². The molecule has 1 nitrogen and oxygen atoms in total. The summed E-state index contributed by atoms with van der Waals surface area (Å²) in [5.74, 6) is 0.208. The molecule has 12 heavy (non-hydrogen) atoms. The van der Waals surface area contributed by atoms with E-state index in [1.54, 1.807) is 0 Å². The van der Waals surface area contributed by atoms with Crippen LogP contribution >= 0.6 is 15.9 Å². The van der Waals surface area contributed by atoms with Crippen molar-refractivity contribution in [2.75, 3.05) is 6.61 Å². The Bertz CT molecular complexity index is 271. The standard InChI is InChI=1S/C10H13BrO/c1-7-3-4-9(8(2)6-12)10(11)5-7/h3-5,8,12H,6H2,1-2H3/t8-/m1/s1. The van der Waals surface area contributed by atoms with Crippen LogP contribution in [0.15, 0.2) is 22.7 Å². The van der Waals surface area contributed by atoms with Crippen molar-refractivity contribution in [2.24, 2.45) is 0 Å². The van der Waals surface area contributed by atoms with E-state index in [1.807, 2.05) is 6.92 Å². The van der Waals surface area contributed by atoms with E-state index in [0.29, 0.717) is 0 Å². The van der Waals surface area contributed by atoms with Crippen LogP contribution < -0.4 is 0 Å². The van der Waals surface area contributed by atoms with Crippen molar-refractivity contribution in [3.8, 4) is 0 Å². The average Bonchev–Trinajstić information content (AvgIpc) is 2.03. The predicted molar refractivity (Wildman–Crippen MR) is 54.4 cm³/mol. The fourth-order valence-electron chi connectivity index (χ4n) is 1.13. The Kier molecular flexibility index (Phi) is 3.29. The molecule has 0 unspecified atom stereocenters. The lowest BCUT2D eigenvalue weighted by atomic mass is 10.0. The summed E-state index contributed by atoms with van der Waals surface area (Å²) in [6.45, 7) is 4.26. The van der Waals surface area contributed by atoms with E-state index < -0.39 is 0 Å². The first-order chi connectivity index (χ1) is 5.65. The van der Waals surface area contributed by atoms with Crippen LogP contribution in [-0.4, -0.2) is 11.7 Å². The van der Waals surface area contributed by atoms with Gasteiger partial charge in [0, 0.05) is 17.0 Å². The zero-order valence-corrected chi connectivity index (χ0v) is 8.93. The van der Waals surface area contributed by atoms with Crippen LogP contribution in [0.5, 0.6) is 0 Å². The van der Waals surface area contributed by atoms with Gasteiger partial charge < -0.3 is 5.11 Å². The number of rotatable bonds is 2. The zero-order chi connectivity index (χ0) is 9.14. The molecule has 0 radical (unpaired) electrons. The Morgan fingerprint density at radius 1 is 1.50 bits per heavy atom. The first-order valence-corrected chi connectivity index (χ1v) is 4.81. The summed E-state index contributed by atoms with van der Waals surface area (Å²) in [5, 5.41) is 8.96. The van der Waals surface area contributed by atoms with Crippen molar-refractivity contribution in [2.45, 2.75) is 19.8 Å². The van der Waals surface area contributed by atoms with Crippen LogP contribution in [0.4, 0.5) is 0 Å². The number of hydrogen-bond donors (Lipinski definition) is 1. The summed E-state index contributed by atoms with van der Waals surface area (Å²) in [7, 11) is 0. The highest BCUT2D eigenvalue weighted by Gasteiger charge is 2.07. The van der Waals surface area contributed by atoms with Crippen LogP contribution in [0.3, 0.4) is 0 Å². The highest BCUT2D eigenvalue weighted by molar-refractivity contribution is 9.10. The van der Waals surface area contributed by atoms with Crippen LogP contribution in [0.1, 0.15) is 24.0 Å². The Hall–Kier alpha value is -0.340. The molecule has 0 heterocycles. The molecule has 1 atom stereocenters. The van der Waals surface area contributed by atoms with E-state index in [0.717, 1.165) is 4.47 Å². The van der Waals surface area contributed by atoms with Gasteiger partial charge in [-0.25, -0.2) is 0 Å². The number of benzene rings is 1. The Morgan fingerprint density at radius 2 is 2.17 bits per heavy atom. The molecule has 0 spiro atoms. The second kappa shape index (κ2) is 4.06. The normalized spacial score (nSPS) is 13.0. The maximum Gasteiger partial charge on any atom is 0.0497 e. The van der Waals surface area contributed by atoms with Gasteiger partial charge in [0.1, 0.15) is 0 Å². The predicted octanol–water partition coefficient (Wildman–Crippen LogP) is 2.85. The van der Waals surface area contributed by atoms with Crippen LogP contribution in [0.2, 0.25) is 0 Å². The first-order valence-electron chi connectivity index (χ1n) is 4.02. The van der Waals surface area contributed by atoms with Crippen LogP contribution in [0.25, 0.3) is 0 Å². The lowest BCUT2D eigenvalue weighted by Crippen LogP contribution is -1.99. The molecular formula is C10H13BrO. The Balaban J connectivity index is 3.01. The van der Waals surface area contributed by atoms with Gasteiger partial charge in [-0.05, 0) is 24.1 Å². The molecule has 1 aromatic rings. The highest BCUT2D eigenvalue weighted by Crippen LogP contribution is 2.25. The van der Waals surface area contributed by atoms with Crippen molar-refractivity contribution in [3.63, 3.8) is 0 Å². The number of hydrogen-bond acceptors (Lipinski definition) is 1. The lowest BCUT2D eigenvalue weighted by molar-refractivity contribution is 0.273. The molecule has 1 rings (SSSR count). The summed E-state index contributed by atoms with van der Waals surface area (Å²) < 4.78 is 1.09. The van der Waals surface area contributed by atoms with Gasteiger partial charge in [-0.1, -0.05) is 35.0 Å². The molecule has 0 aliphatic carbocycles. The third-order valence-electron chi connectivity index (χ3n) is 1.96. The molecule has 0 aliphatic heterocycles. The fourth-order valence-corrected chi connectivity index (χ4v) is 2.01. The molecule has 1 aromatic carbocycles. The van der Waals surface area contributed by atoms with Gasteiger partial charge in [-0.15, -0.1) is 0 Å². The number of aryl methyl sites for hydroxylation is 1. The molecule has 0 bridgehead atoms.